The third-order valence-electron chi connectivity index (χ3n) is 2.96. The Morgan fingerprint density at radius 3 is 2.94 bits per heavy atom. The molecule has 2 aromatic rings. The maximum absolute atomic E-state index is 11.9. The first kappa shape index (κ1) is 11.2. The van der Waals surface area contributed by atoms with Gasteiger partial charge in [-0.2, -0.15) is 11.3 Å². The first-order chi connectivity index (χ1) is 8.65. The molecule has 3 rings (SSSR count). The number of hydrogen-bond acceptors (Lipinski definition) is 5. The van der Waals surface area contributed by atoms with Gasteiger partial charge in [-0.25, -0.2) is 4.79 Å². The van der Waals surface area contributed by atoms with Gasteiger partial charge in [-0.05, 0) is 29.3 Å². The number of carbonyl (C=O) groups excluding carboxylic acids is 1. The zero-order valence-electron chi connectivity index (χ0n) is 9.64. The van der Waals surface area contributed by atoms with Crippen molar-refractivity contribution >= 4 is 17.3 Å². The van der Waals surface area contributed by atoms with E-state index in [1.807, 2.05) is 16.8 Å². The Bertz CT molecular complexity index is 654. The fourth-order valence-corrected chi connectivity index (χ4v) is 2.90. The van der Waals surface area contributed by atoms with Crippen molar-refractivity contribution < 1.29 is 13.9 Å². The van der Waals surface area contributed by atoms with Crippen molar-refractivity contribution in [2.75, 3.05) is 0 Å². The molecular weight excluding hydrogens is 252 g/mol. The van der Waals surface area contributed by atoms with Crippen LogP contribution in [0, 0.1) is 6.92 Å². The minimum Gasteiger partial charge on any atom is -0.428 e. The monoisotopic (exact) mass is 262 g/mol. The van der Waals surface area contributed by atoms with Crippen LogP contribution in [0.2, 0.25) is 0 Å². The molecule has 0 fully saturated rings. The van der Waals surface area contributed by atoms with Crippen LogP contribution in [0.5, 0.6) is 5.75 Å². The highest BCUT2D eigenvalue weighted by atomic mass is 32.1. The van der Waals surface area contributed by atoms with Crippen LogP contribution in [-0.4, -0.2) is 5.97 Å². The minimum absolute atomic E-state index is 0.178. The molecule has 0 N–H and O–H groups in total. The summed E-state index contributed by atoms with van der Waals surface area (Å²) in [6.45, 7) is 1.66. The standard InChI is InChI=1S/C13H10O4S/c1-7-4-10-12(13(15)16-7)9(5-11(14)17-10)8-2-3-18-6-8/h2-4,6,9H,5H2,1H3. The topological polar surface area (TPSA) is 56.5 Å². The molecule has 92 valence electrons. The van der Waals surface area contributed by atoms with Crippen LogP contribution in [0.25, 0.3) is 0 Å². The lowest BCUT2D eigenvalue weighted by molar-refractivity contribution is -0.135. The van der Waals surface area contributed by atoms with Gasteiger partial charge in [-0.3, -0.25) is 4.79 Å². The van der Waals surface area contributed by atoms with E-state index in [0.717, 1.165) is 5.56 Å². The van der Waals surface area contributed by atoms with Crippen molar-refractivity contribution in [1.82, 2.24) is 0 Å². The molecule has 1 aliphatic heterocycles. The van der Waals surface area contributed by atoms with Crippen LogP contribution in [0.1, 0.15) is 29.2 Å². The number of esters is 1. The first-order valence-electron chi connectivity index (χ1n) is 5.52. The lowest BCUT2D eigenvalue weighted by Crippen LogP contribution is -2.26. The third kappa shape index (κ3) is 1.76. The molecule has 0 spiro atoms. The van der Waals surface area contributed by atoms with Crippen LogP contribution >= 0.6 is 11.3 Å². The maximum Gasteiger partial charge on any atom is 0.343 e. The normalized spacial score (nSPS) is 18.3. The van der Waals surface area contributed by atoms with Gasteiger partial charge >= 0.3 is 11.6 Å². The summed E-state index contributed by atoms with van der Waals surface area (Å²) >= 11 is 1.53. The molecule has 1 unspecified atom stereocenters. The summed E-state index contributed by atoms with van der Waals surface area (Å²) in [6.07, 6.45) is 0.178. The average Bonchev–Trinajstić information content (AvgIpc) is 2.79. The Kier molecular flexibility index (Phi) is 2.56. The van der Waals surface area contributed by atoms with Crippen LogP contribution in [0.4, 0.5) is 0 Å². The van der Waals surface area contributed by atoms with E-state index < -0.39 is 5.63 Å². The summed E-state index contributed by atoms with van der Waals surface area (Å²) in [6, 6.07) is 3.50. The molecule has 0 bridgehead atoms. The largest absolute Gasteiger partial charge is 0.428 e. The highest BCUT2D eigenvalue weighted by molar-refractivity contribution is 7.08. The van der Waals surface area contributed by atoms with E-state index in [1.54, 1.807) is 13.0 Å². The van der Waals surface area contributed by atoms with Gasteiger partial charge in [-0.15, -0.1) is 0 Å². The number of fused-ring (bicyclic) bond motifs is 1. The quantitative estimate of drug-likeness (QED) is 0.741. The summed E-state index contributed by atoms with van der Waals surface area (Å²) in [5, 5.41) is 3.86. The molecule has 0 aromatic carbocycles. The maximum atomic E-state index is 11.9. The number of carbonyl (C=O) groups is 1. The molecule has 0 saturated heterocycles. The van der Waals surface area contributed by atoms with Crippen molar-refractivity contribution in [3.63, 3.8) is 0 Å². The molecule has 5 heteroatoms. The van der Waals surface area contributed by atoms with Gasteiger partial charge in [0.05, 0.1) is 12.0 Å². The van der Waals surface area contributed by atoms with E-state index in [-0.39, 0.29) is 18.3 Å². The molecule has 0 amide bonds. The van der Waals surface area contributed by atoms with Gasteiger partial charge < -0.3 is 9.15 Å². The van der Waals surface area contributed by atoms with Crippen LogP contribution < -0.4 is 10.4 Å². The van der Waals surface area contributed by atoms with Crippen LogP contribution in [0.3, 0.4) is 0 Å². The molecule has 4 nitrogen and oxygen atoms in total. The third-order valence-corrected chi connectivity index (χ3v) is 3.66. The van der Waals surface area contributed by atoms with Crippen molar-refractivity contribution in [3.8, 4) is 5.75 Å². The highest BCUT2D eigenvalue weighted by Crippen LogP contribution is 2.37. The second-order valence-corrected chi connectivity index (χ2v) is 4.99. The molecule has 2 aromatic heterocycles. The summed E-state index contributed by atoms with van der Waals surface area (Å²) in [5.41, 5.74) is 0.973. The molecule has 1 atom stereocenters. The van der Waals surface area contributed by atoms with Crippen LogP contribution in [-0.2, 0) is 4.79 Å². The number of hydrogen-bond donors (Lipinski definition) is 0. The Hall–Kier alpha value is -1.88. The predicted molar refractivity (Wildman–Crippen MR) is 66.1 cm³/mol. The SMILES string of the molecule is Cc1cc2c(c(=O)o1)C(c1ccsc1)CC(=O)O2. The molecule has 3 heterocycles. The summed E-state index contributed by atoms with van der Waals surface area (Å²) in [5.74, 6) is 0.196. The van der Waals surface area contributed by atoms with Gasteiger partial charge in [0.2, 0.25) is 0 Å². The Balaban J connectivity index is 2.21. The molecule has 1 aliphatic rings. The van der Waals surface area contributed by atoms with Gasteiger partial charge in [0.25, 0.3) is 0 Å². The second kappa shape index (κ2) is 4.10. The summed E-state index contributed by atoms with van der Waals surface area (Å²) in [7, 11) is 0. The number of rotatable bonds is 1. The number of thiophene rings is 1. The van der Waals surface area contributed by atoms with E-state index in [4.69, 9.17) is 9.15 Å². The molecule has 0 saturated carbocycles. The smallest absolute Gasteiger partial charge is 0.343 e. The van der Waals surface area contributed by atoms with Gasteiger partial charge in [0.15, 0.2) is 0 Å². The van der Waals surface area contributed by atoms with E-state index in [1.165, 1.54) is 11.3 Å². The zero-order chi connectivity index (χ0) is 12.7. The predicted octanol–water partition coefficient (Wildman–Crippen LogP) is 2.45. The summed E-state index contributed by atoms with van der Waals surface area (Å²) in [4.78, 5) is 23.5. The van der Waals surface area contributed by atoms with Crippen molar-refractivity contribution in [2.24, 2.45) is 0 Å². The average molecular weight is 262 g/mol. The van der Waals surface area contributed by atoms with E-state index in [9.17, 15) is 9.59 Å². The van der Waals surface area contributed by atoms with E-state index >= 15 is 0 Å². The number of ether oxygens (including phenoxy) is 1. The van der Waals surface area contributed by atoms with Crippen molar-refractivity contribution in [2.45, 2.75) is 19.3 Å². The highest BCUT2D eigenvalue weighted by Gasteiger charge is 2.32. The Morgan fingerprint density at radius 1 is 1.39 bits per heavy atom. The van der Waals surface area contributed by atoms with Crippen molar-refractivity contribution in [3.05, 3.63) is 50.2 Å². The molecule has 0 radical (unpaired) electrons. The lowest BCUT2D eigenvalue weighted by atomic mass is 9.89. The molecule has 18 heavy (non-hydrogen) atoms. The first-order valence-corrected chi connectivity index (χ1v) is 6.47. The zero-order valence-corrected chi connectivity index (χ0v) is 10.5. The van der Waals surface area contributed by atoms with E-state index in [2.05, 4.69) is 0 Å². The fourth-order valence-electron chi connectivity index (χ4n) is 2.18. The summed E-state index contributed by atoms with van der Waals surface area (Å²) < 4.78 is 10.2. The minimum atomic E-state index is -0.423. The van der Waals surface area contributed by atoms with Gasteiger partial charge in [0.1, 0.15) is 11.5 Å². The fraction of sp³-hybridized carbons (Fsp3) is 0.231. The Labute approximate surface area is 107 Å². The van der Waals surface area contributed by atoms with Crippen LogP contribution in [0.15, 0.2) is 32.1 Å². The molecular formula is C13H10O4S. The van der Waals surface area contributed by atoms with Gasteiger partial charge in [0, 0.05) is 12.0 Å². The number of aryl methyl sites for hydroxylation is 1. The van der Waals surface area contributed by atoms with Crippen molar-refractivity contribution in [1.29, 1.82) is 0 Å². The Morgan fingerprint density at radius 2 is 2.22 bits per heavy atom. The van der Waals surface area contributed by atoms with E-state index in [0.29, 0.717) is 17.1 Å². The molecule has 0 aliphatic carbocycles. The lowest BCUT2D eigenvalue weighted by Gasteiger charge is -2.22. The second-order valence-electron chi connectivity index (χ2n) is 4.21. The van der Waals surface area contributed by atoms with Gasteiger partial charge in [-0.1, -0.05) is 0 Å².